The van der Waals surface area contributed by atoms with E-state index < -0.39 is 21.8 Å². The molecule has 1 aliphatic heterocycles. The Morgan fingerprint density at radius 3 is 2.60 bits per heavy atom. The summed E-state index contributed by atoms with van der Waals surface area (Å²) < 4.78 is 64.8. The number of nitrogens with one attached hydrogen (secondary N) is 1. The number of halogens is 3. The molecule has 0 amide bonds. The van der Waals surface area contributed by atoms with Crippen LogP contribution in [0.3, 0.4) is 0 Å². The fourth-order valence-corrected chi connectivity index (χ4v) is 4.80. The van der Waals surface area contributed by atoms with Crippen molar-refractivity contribution in [1.82, 2.24) is 9.71 Å². The number of benzene rings is 1. The number of hydrogen-bond donors (Lipinski definition) is 1. The van der Waals surface area contributed by atoms with E-state index in [0.29, 0.717) is 25.1 Å². The van der Waals surface area contributed by atoms with Gasteiger partial charge in [0.15, 0.2) is 5.13 Å². The number of sulfonamides is 1. The summed E-state index contributed by atoms with van der Waals surface area (Å²) >= 11 is 1.49. The Hall–Kier alpha value is -1.65. The number of thiazole rings is 1. The van der Waals surface area contributed by atoms with Gasteiger partial charge in [0.2, 0.25) is 10.0 Å². The Morgan fingerprint density at radius 2 is 2.00 bits per heavy atom. The minimum Gasteiger partial charge on any atom is -0.346 e. The lowest BCUT2D eigenvalue weighted by atomic mass is 10.1. The third kappa shape index (κ3) is 4.71. The van der Waals surface area contributed by atoms with Crippen LogP contribution in [0.15, 0.2) is 35.8 Å². The van der Waals surface area contributed by atoms with Crippen LogP contribution in [0.5, 0.6) is 0 Å². The van der Waals surface area contributed by atoms with Crippen LogP contribution in [0.2, 0.25) is 0 Å². The van der Waals surface area contributed by atoms with Gasteiger partial charge in [-0.3, -0.25) is 0 Å². The van der Waals surface area contributed by atoms with Crippen LogP contribution in [-0.4, -0.2) is 32.5 Å². The van der Waals surface area contributed by atoms with Crippen LogP contribution in [0, 0.1) is 0 Å². The molecule has 0 aliphatic carbocycles. The zero-order chi connectivity index (χ0) is 18.1. The van der Waals surface area contributed by atoms with E-state index in [1.165, 1.54) is 23.5 Å². The fourth-order valence-electron chi connectivity index (χ4n) is 2.71. The quantitative estimate of drug-likeness (QED) is 0.851. The normalized spacial score (nSPS) is 18.7. The molecule has 25 heavy (non-hydrogen) atoms. The largest absolute Gasteiger partial charge is 0.416 e. The maximum atomic E-state index is 12.5. The van der Waals surface area contributed by atoms with Crippen molar-refractivity contribution in [2.45, 2.75) is 24.4 Å². The number of alkyl halides is 3. The Balaban J connectivity index is 1.59. The highest BCUT2D eigenvalue weighted by Crippen LogP contribution is 2.29. The first-order valence-electron chi connectivity index (χ1n) is 7.53. The topological polar surface area (TPSA) is 62.3 Å². The van der Waals surface area contributed by atoms with Crippen molar-refractivity contribution < 1.29 is 21.6 Å². The summed E-state index contributed by atoms with van der Waals surface area (Å²) in [7, 11) is -3.63. The summed E-state index contributed by atoms with van der Waals surface area (Å²) in [6.07, 6.45) is -2.08. The predicted octanol–water partition coefficient (Wildman–Crippen LogP) is 2.86. The summed E-state index contributed by atoms with van der Waals surface area (Å²) in [5.41, 5.74) is -0.480. The van der Waals surface area contributed by atoms with Gasteiger partial charge in [0, 0.05) is 30.7 Å². The van der Waals surface area contributed by atoms with Crippen molar-refractivity contribution in [2.24, 2.45) is 0 Å². The van der Waals surface area contributed by atoms with Crippen molar-refractivity contribution in [3.05, 3.63) is 47.0 Å². The first-order chi connectivity index (χ1) is 11.7. The highest BCUT2D eigenvalue weighted by atomic mass is 32.2. The molecule has 1 fully saturated rings. The zero-order valence-corrected chi connectivity index (χ0v) is 14.7. The molecule has 0 spiro atoms. The van der Waals surface area contributed by atoms with E-state index in [1.54, 1.807) is 6.20 Å². The van der Waals surface area contributed by atoms with Gasteiger partial charge in [0.25, 0.3) is 0 Å². The monoisotopic (exact) mass is 391 g/mol. The van der Waals surface area contributed by atoms with Gasteiger partial charge in [-0.05, 0) is 24.1 Å². The smallest absolute Gasteiger partial charge is 0.346 e. The Kier molecular flexibility index (Phi) is 5.03. The third-order valence-corrected chi connectivity index (χ3v) is 6.10. The number of aromatic nitrogens is 1. The van der Waals surface area contributed by atoms with E-state index in [4.69, 9.17) is 0 Å². The van der Waals surface area contributed by atoms with Gasteiger partial charge in [-0.15, -0.1) is 11.3 Å². The molecule has 2 aromatic rings. The predicted molar refractivity (Wildman–Crippen MR) is 89.9 cm³/mol. The minimum atomic E-state index is -4.43. The van der Waals surface area contributed by atoms with E-state index >= 15 is 0 Å². The fraction of sp³-hybridized carbons (Fsp3) is 0.400. The Labute approximate surface area is 147 Å². The molecule has 1 atom stereocenters. The molecule has 2 heterocycles. The number of nitrogens with zero attached hydrogens (tertiary/aromatic N) is 2. The van der Waals surface area contributed by atoms with Crippen molar-refractivity contribution in [3.8, 4) is 0 Å². The van der Waals surface area contributed by atoms with Gasteiger partial charge in [0.05, 0.1) is 11.3 Å². The van der Waals surface area contributed by atoms with E-state index in [1.807, 2.05) is 10.3 Å². The first kappa shape index (κ1) is 18.2. The van der Waals surface area contributed by atoms with Gasteiger partial charge in [0.1, 0.15) is 0 Å². The van der Waals surface area contributed by atoms with Crippen molar-refractivity contribution in [2.75, 3.05) is 18.0 Å². The highest BCUT2D eigenvalue weighted by Gasteiger charge is 2.31. The molecule has 1 N–H and O–H groups in total. The minimum absolute atomic E-state index is 0.233. The molecule has 0 unspecified atom stereocenters. The molecule has 1 aromatic heterocycles. The second kappa shape index (κ2) is 6.93. The van der Waals surface area contributed by atoms with Crippen molar-refractivity contribution >= 4 is 26.5 Å². The molecular formula is C15H16F3N3O2S2. The highest BCUT2D eigenvalue weighted by molar-refractivity contribution is 7.88. The zero-order valence-electron chi connectivity index (χ0n) is 13.0. The Bertz CT molecular complexity index is 806. The van der Waals surface area contributed by atoms with Crippen LogP contribution in [0.4, 0.5) is 18.3 Å². The number of hydrogen-bond acceptors (Lipinski definition) is 5. The number of anilines is 1. The molecule has 0 bridgehead atoms. The van der Waals surface area contributed by atoms with E-state index in [0.717, 1.165) is 17.3 Å². The van der Waals surface area contributed by atoms with Crippen LogP contribution in [0.25, 0.3) is 0 Å². The molecule has 1 aromatic carbocycles. The molecule has 5 nitrogen and oxygen atoms in total. The van der Waals surface area contributed by atoms with Crippen molar-refractivity contribution in [3.63, 3.8) is 0 Å². The van der Waals surface area contributed by atoms with Gasteiger partial charge in [-0.1, -0.05) is 12.1 Å². The molecule has 1 aliphatic rings. The summed E-state index contributed by atoms with van der Waals surface area (Å²) in [5.74, 6) is -0.348. The summed E-state index contributed by atoms with van der Waals surface area (Å²) in [4.78, 5) is 6.21. The van der Waals surface area contributed by atoms with Crippen LogP contribution in [0.1, 0.15) is 17.5 Å². The molecule has 0 radical (unpaired) electrons. The maximum Gasteiger partial charge on any atom is 0.416 e. The first-order valence-corrected chi connectivity index (χ1v) is 10.1. The SMILES string of the molecule is O=S(=O)(Cc1ccc(C(F)(F)F)cc1)N[C@H]1CCN(c2nccs2)C1. The van der Waals surface area contributed by atoms with Gasteiger partial charge in [-0.25, -0.2) is 18.1 Å². The maximum absolute atomic E-state index is 12.5. The van der Waals surface area contributed by atoms with Gasteiger partial charge < -0.3 is 4.90 Å². The summed E-state index contributed by atoms with van der Waals surface area (Å²) in [5, 5.41) is 2.71. The standard InChI is InChI=1S/C15H16F3N3O2S2/c16-15(17,18)12-3-1-11(2-4-12)10-25(22,23)20-13-5-7-21(9-13)14-19-6-8-24-14/h1-4,6,8,13,20H,5,7,9-10H2/t13-/m0/s1. The van der Waals surface area contributed by atoms with Gasteiger partial charge >= 0.3 is 6.18 Å². The van der Waals surface area contributed by atoms with E-state index in [9.17, 15) is 21.6 Å². The molecule has 1 saturated heterocycles. The lowest BCUT2D eigenvalue weighted by Gasteiger charge is -2.16. The molecule has 136 valence electrons. The third-order valence-electron chi connectivity index (χ3n) is 3.86. The molecule has 3 rings (SSSR count). The van der Waals surface area contributed by atoms with Gasteiger partial charge in [-0.2, -0.15) is 13.2 Å². The number of rotatable bonds is 5. The molecule has 0 saturated carbocycles. The molecular weight excluding hydrogens is 375 g/mol. The van der Waals surface area contributed by atoms with Crippen molar-refractivity contribution in [1.29, 1.82) is 0 Å². The van der Waals surface area contributed by atoms with E-state index in [-0.39, 0.29) is 11.8 Å². The van der Waals surface area contributed by atoms with Crippen LogP contribution < -0.4 is 9.62 Å². The second-order valence-corrected chi connectivity index (χ2v) is 8.44. The lowest BCUT2D eigenvalue weighted by Crippen LogP contribution is -2.37. The summed E-state index contributed by atoms with van der Waals surface area (Å²) in [6, 6.07) is 3.94. The molecule has 10 heteroatoms. The average Bonchev–Trinajstić information content (AvgIpc) is 3.16. The van der Waals surface area contributed by atoms with E-state index in [2.05, 4.69) is 9.71 Å². The lowest BCUT2D eigenvalue weighted by molar-refractivity contribution is -0.137. The summed E-state index contributed by atoms with van der Waals surface area (Å²) in [6.45, 7) is 1.24. The van der Waals surface area contributed by atoms with Crippen LogP contribution >= 0.6 is 11.3 Å². The van der Waals surface area contributed by atoms with Crippen LogP contribution in [-0.2, 0) is 22.0 Å². The Morgan fingerprint density at radius 1 is 1.28 bits per heavy atom. The average molecular weight is 391 g/mol. The second-order valence-electron chi connectivity index (χ2n) is 5.82.